The summed E-state index contributed by atoms with van der Waals surface area (Å²) in [7, 11) is 3.48. The Morgan fingerprint density at radius 2 is 2.00 bits per heavy atom. The third-order valence-electron chi connectivity index (χ3n) is 2.80. The van der Waals surface area contributed by atoms with Crippen molar-refractivity contribution in [1.29, 1.82) is 0 Å². The van der Waals surface area contributed by atoms with Gasteiger partial charge in [0.15, 0.2) is 0 Å². The van der Waals surface area contributed by atoms with Crippen LogP contribution >= 0.6 is 0 Å². The molecule has 0 spiro atoms. The highest BCUT2D eigenvalue weighted by Gasteiger charge is 2.12. The Bertz CT molecular complexity index is 567. The van der Waals surface area contributed by atoms with Gasteiger partial charge in [0.2, 0.25) is 5.95 Å². The number of ether oxygens (including phenoxy) is 1. The number of benzene rings is 1. The number of aryl methyl sites for hydroxylation is 2. The van der Waals surface area contributed by atoms with Crippen molar-refractivity contribution in [2.24, 2.45) is 0 Å². The van der Waals surface area contributed by atoms with Gasteiger partial charge in [0, 0.05) is 18.8 Å². The molecule has 18 heavy (non-hydrogen) atoms. The fourth-order valence-corrected chi connectivity index (χ4v) is 2.04. The molecule has 0 amide bonds. The van der Waals surface area contributed by atoms with E-state index in [4.69, 9.17) is 4.74 Å². The predicted octanol–water partition coefficient (Wildman–Crippen LogP) is 2.81. The number of nitrogens with one attached hydrogen (secondary N) is 1. The Hall–Kier alpha value is -2.10. The lowest BCUT2D eigenvalue weighted by atomic mass is 10.0. The van der Waals surface area contributed by atoms with Crippen LogP contribution in [0.4, 0.5) is 5.95 Å². The summed E-state index contributed by atoms with van der Waals surface area (Å²) in [6.45, 7) is 4.12. The minimum atomic E-state index is 0.606. The van der Waals surface area contributed by atoms with E-state index in [1.807, 2.05) is 12.1 Å². The highest BCUT2D eigenvalue weighted by atomic mass is 16.5. The van der Waals surface area contributed by atoms with E-state index in [9.17, 15) is 0 Å². The summed E-state index contributed by atoms with van der Waals surface area (Å²) in [6.07, 6.45) is 1.74. The molecule has 4 heteroatoms. The number of hydrogen-bond donors (Lipinski definition) is 1. The van der Waals surface area contributed by atoms with Gasteiger partial charge in [-0.1, -0.05) is 6.07 Å². The largest absolute Gasteiger partial charge is 0.496 e. The zero-order valence-corrected chi connectivity index (χ0v) is 11.1. The molecule has 1 aromatic carbocycles. The normalized spacial score (nSPS) is 10.2. The van der Waals surface area contributed by atoms with Gasteiger partial charge in [0.05, 0.1) is 12.8 Å². The van der Waals surface area contributed by atoms with Gasteiger partial charge in [-0.05, 0) is 37.1 Å². The van der Waals surface area contributed by atoms with Crippen LogP contribution in [0.2, 0.25) is 0 Å². The van der Waals surface area contributed by atoms with Gasteiger partial charge in [-0.25, -0.2) is 9.97 Å². The molecule has 94 valence electrons. The van der Waals surface area contributed by atoms with E-state index in [1.165, 1.54) is 5.56 Å². The van der Waals surface area contributed by atoms with Gasteiger partial charge in [0.1, 0.15) is 5.75 Å². The van der Waals surface area contributed by atoms with Crippen LogP contribution < -0.4 is 10.1 Å². The number of anilines is 1. The van der Waals surface area contributed by atoms with Gasteiger partial charge in [-0.15, -0.1) is 0 Å². The van der Waals surface area contributed by atoms with E-state index < -0.39 is 0 Å². The van der Waals surface area contributed by atoms with Gasteiger partial charge in [0.25, 0.3) is 0 Å². The molecule has 1 N–H and O–H groups in total. The Morgan fingerprint density at radius 1 is 1.22 bits per heavy atom. The summed E-state index contributed by atoms with van der Waals surface area (Å²) in [5.74, 6) is 1.45. The van der Waals surface area contributed by atoms with E-state index in [2.05, 4.69) is 35.2 Å². The zero-order chi connectivity index (χ0) is 13.1. The van der Waals surface area contributed by atoms with Crippen LogP contribution in [-0.2, 0) is 0 Å². The van der Waals surface area contributed by atoms with Crippen molar-refractivity contribution in [3.63, 3.8) is 0 Å². The summed E-state index contributed by atoms with van der Waals surface area (Å²) in [5.41, 5.74) is 4.20. The fraction of sp³-hybridized carbons (Fsp3) is 0.286. The van der Waals surface area contributed by atoms with Crippen molar-refractivity contribution in [2.75, 3.05) is 19.5 Å². The van der Waals surface area contributed by atoms with Crippen LogP contribution in [0.1, 0.15) is 11.1 Å². The van der Waals surface area contributed by atoms with Crippen LogP contribution in [0.15, 0.2) is 24.4 Å². The highest BCUT2D eigenvalue weighted by Crippen LogP contribution is 2.33. The number of rotatable bonds is 3. The van der Waals surface area contributed by atoms with Gasteiger partial charge < -0.3 is 10.1 Å². The monoisotopic (exact) mass is 243 g/mol. The fourth-order valence-electron chi connectivity index (χ4n) is 2.04. The Labute approximate surface area is 107 Å². The summed E-state index contributed by atoms with van der Waals surface area (Å²) in [5, 5.41) is 2.94. The Balaban J connectivity index is 2.62. The lowest BCUT2D eigenvalue weighted by Gasteiger charge is -2.13. The minimum Gasteiger partial charge on any atom is -0.496 e. The second kappa shape index (κ2) is 5.04. The molecule has 0 fully saturated rings. The number of methoxy groups -OCH3 is 1. The molecule has 0 atom stereocenters. The molecule has 0 unspecified atom stereocenters. The number of hydrogen-bond acceptors (Lipinski definition) is 4. The topological polar surface area (TPSA) is 47.0 Å². The first kappa shape index (κ1) is 12.4. The molecule has 1 aromatic heterocycles. The van der Waals surface area contributed by atoms with E-state index in [0.29, 0.717) is 5.95 Å². The maximum atomic E-state index is 5.45. The maximum absolute atomic E-state index is 5.45. The lowest BCUT2D eigenvalue weighted by Crippen LogP contribution is -1.99. The van der Waals surface area contributed by atoms with Gasteiger partial charge in [-0.2, -0.15) is 0 Å². The molecule has 0 saturated carbocycles. The molecule has 0 bridgehead atoms. The molecular weight excluding hydrogens is 226 g/mol. The van der Waals surface area contributed by atoms with Crippen molar-refractivity contribution in [2.45, 2.75) is 13.8 Å². The van der Waals surface area contributed by atoms with Crippen molar-refractivity contribution >= 4 is 5.95 Å². The smallest absolute Gasteiger partial charge is 0.222 e. The average Bonchev–Trinajstić information content (AvgIpc) is 2.37. The van der Waals surface area contributed by atoms with E-state index >= 15 is 0 Å². The van der Waals surface area contributed by atoms with Crippen LogP contribution in [-0.4, -0.2) is 24.1 Å². The van der Waals surface area contributed by atoms with Crippen LogP contribution in [0.3, 0.4) is 0 Å². The average molecular weight is 243 g/mol. The predicted molar refractivity (Wildman–Crippen MR) is 73.0 cm³/mol. The van der Waals surface area contributed by atoms with E-state index in [-0.39, 0.29) is 0 Å². The Morgan fingerprint density at radius 3 is 2.67 bits per heavy atom. The van der Waals surface area contributed by atoms with Crippen molar-refractivity contribution in [1.82, 2.24) is 9.97 Å². The van der Waals surface area contributed by atoms with Crippen molar-refractivity contribution in [3.05, 3.63) is 35.5 Å². The zero-order valence-electron chi connectivity index (χ0n) is 11.1. The van der Waals surface area contributed by atoms with Crippen LogP contribution in [0, 0.1) is 13.8 Å². The third-order valence-corrected chi connectivity index (χ3v) is 2.80. The first-order valence-corrected chi connectivity index (χ1v) is 5.82. The first-order valence-electron chi connectivity index (χ1n) is 5.82. The van der Waals surface area contributed by atoms with E-state index in [1.54, 1.807) is 20.4 Å². The SMILES string of the molecule is CNc1nccc(-c2c(C)cc(C)cc2OC)n1. The first-order chi connectivity index (χ1) is 8.65. The standard InChI is InChI=1S/C14H17N3O/c1-9-7-10(2)13(12(8-9)18-4)11-5-6-16-14(15-3)17-11/h5-8H,1-4H3,(H,15,16,17). The molecule has 1 heterocycles. The van der Waals surface area contributed by atoms with Crippen LogP contribution in [0.5, 0.6) is 5.75 Å². The lowest BCUT2D eigenvalue weighted by molar-refractivity contribution is 0.415. The summed E-state index contributed by atoms with van der Waals surface area (Å²) < 4.78 is 5.45. The molecule has 4 nitrogen and oxygen atoms in total. The number of nitrogens with zero attached hydrogens (tertiary/aromatic N) is 2. The Kier molecular flexibility index (Phi) is 3.46. The molecule has 0 aliphatic carbocycles. The summed E-state index contributed by atoms with van der Waals surface area (Å²) in [4.78, 5) is 8.58. The van der Waals surface area contributed by atoms with Gasteiger partial charge >= 0.3 is 0 Å². The quantitative estimate of drug-likeness (QED) is 0.900. The maximum Gasteiger partial charge on any atom is 0.222 e. The molecule has 2 rings (SSSR count). The van der Waals surface area contributed by atoms with Crippen molar-refractivity contribution in [3.8, 4) is 17.0 Å². The highest BCUT2D eigenvalue weighted by molar-refractivity contribution is 5.72. The second-order valence-electron chi connectivity index (χ2n) is 4.17. The summed E-state index contributed by atoms with van der Waals surface area (Å²) >= 11 is 0. The summed E-state index contributed by atoms with van der Waals surface area (Å²) in [6, 6.07) is 6.03. The van der Waals surface area contributed by atoms with Crippen LogP contribution in [0.25, 0.3) is 11.3 Å². The third kappa shape index (κ3) is 2.27. The van der Waals surface area contributed by atoms with Gasteiger partial charge in [-0.3, -0.25) is 0 Å². The number of aromatic nitrogens is 2. The van der Waals surface area contributed by atoms with Crippen molar-refractivity contribution < 1.29 is 4.74 Å². The molecule has 0 saturated heterocycles. The second-order valence-corrected chi connectivity index (χ2v) is 4.17. The minimum absolute atomic E-state index is 0.606. The molecule has 0 radical (unpaired) electrons. The van der Waals surface area contributed by atoms with E-state index in [0.717, 1.165) is 22.6 Å². The molecular formula is C14H17N3O. The molecule has 0 aliphatic heterocycles. The molecule has 0 aliphatic rings. The molecule has 2 aromatic rings.